The van der Waals surface area contributed by atoms with Gasteiger partial charge in [0.1, 0.15) is 5.75 Å². The molecule has 1 saturated heterocycles. The van der Waals surface area contributed by atoms with E-state index in [0.717, 1.165) is 13.1 Å². The number of benzene rings is 3. The standard InChI is InChI=1S/C33H32N6O6.C2HF3O2/c1-43-28-14-12-25(13-15-28)37-21-24-20-35-31(36-29(24)38(32(37)41)26-8-4-2-5-9-26)39(27-10-6-3-7-11-27)33(42)45-22-44-30(40)23-16-18-34-19-17-23;3-2(4,5)1(6)7/h2-15,20,23,34H,16-19,21-22H2,1H3;(H,6,7). The summed E-state index contributed by atoms with van der Waals surface area (Å²) in [5.74, 6) is -2.41. The molecule has 4 aromatic rings. The third-order valence-electron chi connectivity index (χ3n) is 7.89. The van der Waals surface area contributed by atoms with Gasteiger partial charge in [-0.2, -0.15) is 18.2 Å². The number of carboxylic acid groups (broad SMARTS) is 1. The number of urea groups is 1. The van der Waals surface area contributed by atoms with Crippen molar-refractivity contribution < 1.29 is 51.7 Å². The van der Waals surface area contributed by atoms with Crippen LogP contribution < -0.4 is 24.8 Å². The first-order chi connectivity index (χ1) is 25.0. The maximum Gasteiger partial charge on any atom is 0.490 e. The lowest BCUT2D eigenvalue weighted by atomic mass is 9.99. The van der Waals surface area contributed by atoms with Crippen molar-refractivity contribution >= 4 is 52.9 Å². The number of aliphatic carboxylic acids is 1. The molecule has 0 saturated carbocycles. The number of nitrogens with zero attached hydrogens (tertiary/aromatic N) is 5. The highest BCUT2D eigenvalue weighted by Gasteiger charge is 2.38. The normalized spacial score (nSPS) is 14.3. The minimum atomic E-state index is -5.08. The van der Waals surface area contributed by atoms with E-state index < -0.39 is 31.0 Å². The van der Waals surface area contributed by atoms with E-state index in [0.29, 0.717) is 47.0 Å². The predicted molar refractivity (Wildman–Crippen MR) is 180 cm³/mol. The van der Waals surface area contributed by atoms with Crippen LogP contribution in [-0.4, -0.2) is 72.3 Å². The number of halogens is 3. The first-order valence-corrected chi connectivity index (χ1v) is 15.8. The highest BCUT2D eigenvalue weighted by molar-refractivity contribution is 6.10. The minimum absolute atomic E-state index is 0.0127. The number of fused-ring (bicyclic) bond motifs is 1. The summed E-state index contributed by atoms with van der Waals surface area (Å²) >= 11 is 0. The minimum Gasteiger partial charge on any atom is -0.497 e. The predicted octanol–water partition coefficient (Wildman–Crippen LogP) is 6.17. The molecule has 52 heavy (non-hydrogen) atoms. The molecular weight excluding hydrogens is 689 g/mol. The largest absolute Gasteiger partial charge is 0.497 e. The van der Waals surface area contributed by atoms with Crippen molar-refractivity contribution in [3.05, 3.63) is 96.7 Å². The van der Waals surface area contributed by atoms with E-state index in [1.165, 1.54) is 9.80 Å². The van der Waals surface area contributed by atoms with Gasteiger partial charge < -0.3 is 24.6 Å². The number of carboxylic acids is 1. The van der Waals surface area contributed by atoms with Gasteiger partial charge in [0.05, 0.1) is 30.9 Å². The second-order valence-corrected chi connectivity index (χ2v) is 11.2. The molecule has 2 N–H and O–H groups in total. The van der Waals surface area contributed by atoms with Gasteiger partial charge in [0, 0.05) is 17.4 Å². The molecule has 1 aromatic heterocycles. The summed E-state index contributed by atoms with van der Waals surface area (Å²) < 4.78 is 47.7. The average Bonchev–Trinajstić information content (AvgIpc) is 3.15. The zero-order valence-corrected chi connectivity index (χ0v) is 27.7. The zero-order chi connectivity index (χ0) is 37.3. The van der Waals surface area contributed by atoms with Gasteiger partial charge in [0.2, 0.25) is 12.7 Å². The van der Waals surface area contributed by atoms with E-state index in [1.54, 1.807) is 66.7 Å². The fourth-order valence-electron chi connectivity index (χ4n) is 5.28. The number of methoxy groups -OCH3 is 1. The lowest BCUT2D eigenvalue weighted by Gasteiger charge is -2.36. The van der Waals surface area contributed by atoms with Gasteiger partial charge in [0.15, 0.2) is 5.82 Å². The molecule has 1 fully saturated rings. The van der Waals surface area contributed by atoms with Crippen LogP contribution in [0.2, 0.25) is 0 Å². The monoisotopic (exact) mass is 722 g/mol. The molecule has 3 amide bonds. The van der Waals surface area contributed by atoms with E-state index in [1.807, 2.05) is 36.4 Å². The Kier molecular flexibility index (Phi) is 11.9. The maximum atomic E-state index is 14.1. The molecule has 2 aliphatic rings. The van der Waals surface area contributed by atoms with Gasteiger partial charge in [-0.15, -0.1) is 0 Å². The molecule has 0 bridgehead atoms. The Morgan fingerprint density at radius 3 is 2.13 bits per heavy atom. The van der Waals surface area contributed by atoms with E-state index in [2.05, 4.69) is 10.3 Å². The Labute approximate surface area is 295 Å². The van der Waals surface area contributed by atoms with E-state index in [-0.39, 0.29) is 24.4 Å². The smallest absolute Gasteiger partial charge is 0.490 e. The van der Waals surface area contributed by atoms with Crippen LogP contribution in [0.25, 0.3) is 0 Å². The van der Waals surface area contributed by atoms with Gasteiger partial charge >= 0.3 is 30.2 Å². The number of amides is 3. The molecular formula is C35H33F3N6O8. The molecule has 17 heteroatoms. The van der Waals surface area contributed by atoms with Crippen molar-refractivity contribution in [1.82, 2.24) is 15.3 Å². The van der Waals surface area contributed by atoms with Crippen LogP contribution >= 0.6 is 0 Å². The van der Waals surface area contributed by atoms with Crippen molar-refractivity contribution in [2.45, 2.75) is 25.6 Å². The first-order valence-electron chi connectivity index (χ1n) is 15.8. The van der Waals surface area contributed by atoms with Gasteiger partial charge in [0.25, 0.3) is 0 Å². The summed E-state index contributed by atoms with van der Waals surface area (Å²) in [6.07, 6.45) is -3.00. The number of anilines is 5. The van der Waals surface area contributed by atoms with Gasteiger partial charge in [-0.25, -0.2) is 29.2 Å². The van der Waals surface area contributed by atoms with Crippen LogP contribution in [0.1, 0.15) is 18.4 Å². The van der Waals surface area contributed by atoms with Crippen molar-refractivity contribution in [3.8, 4) is 5.75 Å². The summed E-state index contributed by atoms with van der Waals surface area (Å²) in [4.78, 5) is 62.5. The lowest BCUT2D eigenvalue weighted by molar-refractivity contribution is -0.192. The van der Waals surface area contributed by atoms with Crippen molar-refractivity contribution in [3.63, 3.8) is 0 Å². The Morgan fingerprint density at radius 1 is 0.923 bits per heavy atom. The molecule has 14 nitrogen and oxygen atoms in total. The van der Waals surface area contributed by atoms with Crippen LogP contribution in [-0.2, 0) is 25.6 Å². The Morgan fingerprint density at radius 2 is 1.54 bits per heavy atom. The number of rotatable bonds is 8. The summed E-state index contributed by atoms with van der Waals surface area (Å²) in [6.45, 7) is 1.11. The molecule has 0 spiro atoms. The summed E-state index contributed by atoms with van der Waals surface area (Å²) in [5.41, 5.74) is 2.35. The van der Waals surface area contributed by atoms with Crippen molar-refractivity contribution in [1.29, 1.82) is 0 Å². The molecule has 6 rings (SSSR count). The van der Waals surface area contributed by atoms with Gasteiger partial charge in [-0.05, 0) is 74.5 Å². The lowest BCUT2D eigenvalue weighted by Crippen LogP contribution is -2.45. The molecule has 0 aliphatic carbocycles. The number of esters is 1. The Hall–Kier alpha value is -6.23. The number of carbonyl (C=O) groups excluding carboxylic acids is 3. The molecule has 272 valence electrons. The SMILES string of the molecule is COc1ccc(N2Cc3cnc(N(C(=O)OCOC(=O)C4CCNCC4)c4ccccc4)nc3N(c3ccccc3)C2=O)cc1.O=C(O)C(F)(F)F. The molecule has 0 radical (unpaired) electrons. The third kappa shape index (κ3) is 8.91. The number of para-hydroxylation sites is 2. The number of aromatic nitrogens is 2. The number of ether oxygens (including phenoxy) is 3. The van der Waals surface area contributed by atoms with E-state index >= 15 is 0 Å². The van der Waals surface area contributed by atoms with Gasteiger partial charge in [-0.1, -0.05) is 36.4 Å². The zero-order valence-electron chi connectivity index (χ0n) is 27.7. The van der Waals surface area contributed by atoms with Crippen LogP contribution in [0.5, 0.6) is 5.75 Å². The van der Waals surface area contributed by atoms with Crippen LogP contribution in [0, 0.1) is 5.92 Å². The number of hydrogen-bond acceptors (Lipinski definition) is 10. The quantitative estimate of drug-likeness (QED) is 0.158. The van der Waals surface area contributed by atoms with Crippen LogP contribution in [0.3, 0.4) is 0 Å². The average molecular weight is 723 g/mol. The van der Waals surface area contributed by atoms with E-state index in [9.17, 15) is 27.6 Å². The van der Waals surface area contributed by atoms with E-state index in [4.69, 9.17) is 29.1 Å². The van der Waals surface area contributed by atoms with Crippen molar-refractivity contribution in [2.75, 3.05) is 41.7 Å². The number of carbonyl (C=O) groups is 4. The molecule has 3 heterocycles. The number of nitrogens with one attached hydrogen (secondary N) is 1. The Bertz CT molecular complexity index is 1860. The molecule has 0 unspecified atom stereocenters. The molecule has 2 aliphatic heterocycles. The summed E-state index contributed by atoms with van der Waals surface area (Å²) in [6, 6.07) is 24.7. The molecule has 3 aromatic carbocycles. The summed E-state index contributed by atoms with van der Waals surface area (Å²) in [5, 5.41) is 10.3. The van der Waals surface area contributed by atoms with Gasteiger partial charge in [-0.3, -0.25) is 9.69 Å². The number of hydrogen-bond donors (Lipinski definition) is 2. The second kappa shape index (κ2) is 16.7. The van der Waals surface area contributed by atoms with Crippen molar-refractivity contribution in [2.24, 2.45) is 5.92 Å². The highest BCUT2D eigenvalue weighted by Crippen LogP contribution is 2.37. The topological polar surface area (TPSA) is 164 Å². The second-order valence-electron chi connectivity index (χ2n) is 11.2. The van der Waals surface area contributed by atoms with Crippen LogP contribution in [0.4, 0.5) is 51.6 Å². The Balaban J connectivity index is 0.000000679. The fraction of sp³-hybridized carbons (Fsp3) is 0.257. The molecule has 0 atom stereocenters. The highest BCUT2D eigenvalue weighted by atomic mass is 19.4. The maximum absolute atomic E-state index is 14.1. The fourth-order valence-corrected chi connectivity index (χ4v) is 5.28. The van der Waals surface area contributed by atoms with Crippen LogP contribution in [0.15, 0.2) is 91.1 Å². The first kappa shape index (κ1) is 37.0. The summed E-state index contributed by atoms with van der Waals surface area (Å²) in [7, 11) is 1.58. The number of alkyl halides is 3. The number of piperidine rings is 1. The third-order valence-corrected chi connectivity index (χ3v) is 7.89.